The Morgan fingerprint density at radius 3 is 2.93 bits per heavy atom. The summed E-state index contributed by atoms with van der Waals surface area (Å²) in [6.07, 6.45) is -1.18. The molecule has 1 amide bonds. The third kappa shape index (κ3) is 1.83. The van der Waals surface area contributed by atoms with Crippen LogP contribution < -0.4 is 4.84 Å². The third-order valence-electron chi connectivity index (χ3n) is 1.86. The second-order valence-corrected chi connectivity index (χ2v) is 2.93. The molecule has 1 aromatic heterocycles. The number of aromatic nitrogens is 2. The van der Waals surface area contributed by atoms with Crippen molar-refractivity contribution in [3.05, 3.63) is 24.3 Å². The van der Waals surface area contributed by atoms with Crippen LogP contribution in [0.3, 0.4) is 0 Å². The van der Waals surface area contributed by atoms with Gasteiger partial charge in [0.2, 0.25) is 0 Å². The minimum Gasteiger partial charge on any atom is -0.463 e. The van der Waals surface area contributed by atoms with Gasteiger partial charge in [-0.3, -0.25) is 0 Å². The van der Waals surface area contributed by atoms with E-state index in [9.17, 15) is 4.79 Å². The Hall–Kier alpha value is -2.24. The Balaban J connectivity index is 2.26. The van der Waals surface area contributed by atoms with Crippen LogP contribution >= 0.6 is 0 Å². The van der Waals surface area contributed by atoms with Gasteiger partial charge in [-0.2, -0.15) is 4.98 Å². The number of rotatable bonds is 2. The van der Waals surface area contributed by atoms with Crippen molar-refractivity contribution in [1.82, 2.24) is 15.0 Å². The first-order chi connectivity index (χ1) is 7.16. The summed E-state index contributed by atoms with van der Waals surface area (Å²) in [5.41, 5.74) is 1.53. The Kier molecular flexibility index (Phi) is 2.17. The van der Waals surface area contributed by atoms with Crippen molar-refractivity contribution in [2.45, 2.75) is 0 Å². The molecule has 0 spiro atoms. The number of carboxylic acid groups (broad SMARTS) is 1. The first-order valence-electron chi connectivity index (χ1n) is 4.26. The van der Waals surface area contributed by atoms with E-state index < -0.39 is 6.09 Å². The van der Waals surface area contributed by atoms with Gasteiger partial charge in [0.05, 0.1) is 18.1 Å². The molecule has 0 saturated heterocycles. The smallest absolute Gasteiger partial charge is 0.440 e. The normalized spacial score (nSPS) is 10.2. The fraction of sp³-hybridized carbons (Fsp3) is 0.111. The van der Waals surface area contributed by atoms with E-state index in [0.717, 1.165) is 11.0 Å². The lowest BCUT2D eigenvalue weighted by molar-refractivity contribution is -0.0203. The lowest BCUT2D eigenvalue weighted by Crippen LogP contribution is -2.28. The van der Waals surface area contributed by atoms with E-state index in [0.29, 0.717) is 5.06 Å². The van der Waals surface area contributed by atoms with Crippen LogP contribution in [0.1, 0.15) is 0 Å². The molecule has 0 atom stereocenters. The highest BCUT2D eigenvalue weighted by Crippen LogP contribution is 2.15. The molecule has 0 aliphatic carbocycles. The number of nitrogens with zero attached hydrogens (tertiary/aromatic N) is 2. The minimum atomic E-state index is -1.18. The summed E-state index contributed by atoms with van der Waals surface area (Å²) in [6.45, 7) is 0. The maximum absolute atomic E-state index is 10.5. The number of para-hydroxylation sites is 2. The average molecular weight is 207 g/mol. The van der Waals surface area contributed by atoms with Crippen molar-refractivity contribution in [3.63, 3.8) is 0 Å². The van der Waals surface area contributed by atoms with Gasteiger partial charge in [0.25, 0.3) is 0 Å². The van der Waals surface area contributed by atoms with E-state index >= 15 is 0 Å². The summed E-state index contributed by atoms with van der Waals surface area (Å²) >= 11 is 0. The summed E-state index contributed by atoms with van der Waals surface area (Å²) in [4.78, 5) is 22.3. The molecule has 0 saturated carbocycles. The molecule has 15 heavy (non-hydrogen) atoms. The maximum Gasteiger partial charge on any atom is 0.440 e. The van der Waals surface area contributed by atoms with Crippen molar-refractivity contribution >= 4 is 17.1 Å². The Labute approximate surface area is 85.1 Å². The van der Waals surface area contributed by atoms with E-state index in [2.05, 4.69) is 9.97 Å². The average Bonchev–Trinajstić information content (AvgIpc) is 2.59. The number of benzene rings is 1. The molecule has 0 radical (unpaired) electrons. The van der Waals surface area contributed by atoms with Gasteiger partial charge in [-0.05, 0) is 12.1 Å². The number of imidazole rings is 1. The van der Waals surface area contributed by atoms with Gasteiger partial charge in [-0.15, -0.1) is 5.06 Å². The predicted molar refractivity (Wildman–Crippen MR) is 52.5 cm³/mol. The first-order valence-corrected chi connectivity index (χ1v) is 4.26. The van der Waals surface area contributed by atoms with Crippen molar-refractivity contribution in [3.8, 4) is 6.01 Å². The fourth-order valence-corrected chi connectivity index (χ4v) is 1.14. The zero-order valence-electron chi connectivity index (χ0n) is 7.97. The summed E-state index contributed by atoms with van der Waals surface area (Å²) in [5, 5.41) is 9.26. The molecule has 6 heteroatoms. The van der Waals surface area contributed by atoms with Crippen LogP contribution in [0.2, 0.25) is 0 Å². The molecule has 2 rings (SSSR count). The molecule has 1 aromatic carbocycles. The predicted octanol–water partition coefficient (Wildman–Crippen LogP) is 1.47. The van der Waals surface area contributed by atoms with E-state index in [1.807, 2.05) is 18.2 Å². The molecule has 6 nitrogen and oxygen atoms in total. The van der Waals surface area contributed by atoms with E-state index in [4.69, 9.17) is 9.94 Å². The highest BCUT2D eigenvalue weighted by atomic mass is 16.7. The van der Waals surface area contributed by atoms with Crippen molar-refractivity contribution in [2.75, 3.05) is 7.05 Å². The van der Waals surface area contributed by atoms with Crippen LogP contribution in [-0.4, -0.2) is 33.3 Å². The number of nitrogens with one attached hydrogen (secondary N) is 1. The van der Waals surface area contributed by atoms with Gasteiger partial charge in [0.1, 0.15) is 0 Å². The number of hydroxylamine groups is 2. The number of amides is 1. The molecular formula is C9H9N3O3. The highest BCUT2D eigenvalue weighted by Gasteiger charge is 2.10. The lowest BCUT2D eigenvalue weighted by Gasteiger charge is -2.09. The van der Waals surface area contributed by atoms with Crippen LogP contribution in [0.15, 0.2) is 24.3 Å². The van der Waals surface area contributed by atoms with Gasteiger partial charge in [0, 0.05) is 0 Å². The summed E-state index contributed by atoms with van der Waals surface area (Å²) in [6, 6.07) is 7.48. The molecule has 0 aliphatic rings. The van der Waals surface area contributed by atoms with Crippen molar-refractivity contribution in [1.29, 1.82) is 0 Å². The van der Waals surface area contributed by atoms with Gasteiger partial charge in [-0.1, -0.05) is 12.1 Å². The topological polar surface area (TPSA) is 78.5 Å². The first kappa shape index (κ1) is 9.32. The summed E-state index contributed by atoms with van der Waals surface area (Å²) in [5.74, 6) is 0. The SMILES string of the molecule is CN(Oc1nc2ccccc2[nH]1)C(=O)O. The van der Waals surface area contributed by atoms with Crippen LogP contribution in [0.4, 0.5) is 4.79 Å². The largest absolute Gasteiger partial charge is 0.463 e. The van der Waals surface area contributed by atoms with Crippen molar-refractivity contribution < 1.29 is 14.7 Å². The third-order valence-corrected chi connectivity index (χ3v) is 1.86. The zero-order chi connectivity index (χ0) is 10.8. The van der Waals surface area contributed by atoms with Crippen LogP contribution in [-0.2, 0) is 0 Å². The molecule has 2 aromatic rings. The summed E-state index contributed by atoms with van der Waals surface area (Å²) in [7, 11) is 1.29. The van der Waals surface area contributed by atoms with Crippen LogP contribution in [0.5, 0.6) is 6.01 Å². The molecule has 0 unspecified atom stereocenters. The molecule has 78 valence electrons. The number of fused-ring (bicyclic) bond motifs is 1. The van der Waals surface area contributed by atoms with E-state index in [1.54, 1.807) is 6.07 Å². The van der Waals surface area contributed by atoms with Crippen LogP contribution in [0.25, 0.3) is 11.0 Å². The van der Waals surface area contributed by atoms with Crippen LogP contribution in [0, 0.1) is 0 Å². The Morgan fingerprint density at radius 1 is 1.53 bits per heavy atom. The van der Waals surface area contributed by atoms with Gasteiger partial charge in [-0.25, -0.2) is 4.79 Å². The molecule has 0 aliphatic heterocycles. The molecule has 0 bridgehead atoms. The highest BCUT2D eigenvalue weighted by molar-refractivity contribution is 5.75. The Bertz CT molecular complexity index is 461. The minimum absolute atomic E-state index is 0.154. The maximum atomic E-state index is 10.5. The fourth-order valence-electron chi connectivity index (χ4n) is 1.14. The zero-order valence-corrected chi connectivity index (χ0v) is 7.97. The molecular weight excluding hydrogens is 198 g/mol. The summed E-state index contributed by atoms with van der Waals surface area (Å²) < 4.78 is 0. The lowest BCUT2D eigenvalue weighted by atomic mass is 10.3. The number of aromatic amines is 1. The Morgan fingerprint density at radius 2 is 2.27 bits per heavy atom. The quantitative estimate of drug-likeness (QED) is 0.731. The number of carbonyl (C=O) groups is 1. The van der Waals surface area contributed by atoms with Crippen molar-refractivity contribution in [2.24, 2.45) is 0 Å². The number of hydrogen-bond donors (Lipinski definition) is 2. The number of H-pyrrole nitrogens is 1. The van der Waals surface area contributed by atoms with Gasteiger partial charge >= 0.3 is 12.1 Å². The second kappa shape index (κ2) is 3.49. The standard InChI is InChI=1S/C9H9N3O3/c1-12(9(13)14)15-8-10-6-4-2-3-5-7(6)11-8/h2-5H,1H3,(H,10,11)(H,13,14). The van der Waals surface area contributed by atoms with E-state index in [1.165, 1.54) is 7.05 Å². The second-order valence-electron chi connectivity index (χ2n) is 2.93. The molecule has 1 heterocycles. The monoisotopic (exact) mass is 207 g/mol. The molecule has 0 fully saturated rings. The number of hydrogen-bond acceptors (Lipinski definition) is 3. The van der Waals surface area contributed by atoms with Gasteiger partial charge < -0.3 is 14.9 Å². The van der Waals surface area contributed by atoms with Gasteiger partial charge in [0.15, 0.2) is 0 Å². The molecule has 2 N–H and O–H groups in total. The van der Waals surface area contributed by atoms with E-state index in [-0.39, 0.29) is 6.01 Å².